The number of hydrogen-bond acceptors (Lipinski definition) is 5. The number of carbonyl (C=O) groups excluding carboxylic acids is 3. The minimum absolute atomic E-state index is 0.0246. The third-order valence-electron chi connectivity index (χ3n) is 6.11. The number of carbonyl (C=O) groups is 3. The highest BCUT2D eigenvalue weighted by atomic mass is 32.2. The third-order valence-corrected chi connectivity index (χ3v) is 7.47. The monoisotopic (exact) mass is 583 g/mol. The van der Waals surface area contributed by atoms with Crippen molar-refractivity contribution in [2.24, 2.45) is 0 Å². The lowest BCUT2D eigenvalue weighted by Gasteiger charge is -2.16. The van der Waals surface area contributed by atoms with Crippen LogP contribution in [0, 0.1) is 5.82 Å². The SMILES string of the molecule is CCC(Sc1cccc(NC(=O)/C(=C\c2ccccc2OC)NC(=O)c2ccccc2)c1)C(=O)Nc1ccc(F)cc1. The highest BCUT2D eigenvalue weighted by molar-refractivity contribution is 8.00. The number of hydrogen-bond donors (Lipinski definition) is 3. The molecule has 4 rings (SSSR count). The second-order valence-corrected chi connectivity index (χ2v) is 10.4. The maximum Gasteiger partial charge on any atom is 0.272 e. The Bertz CT molecular complexity index is 1580. The molecular formula is C33H30FN3O4S. The molecule has 0 saturated carbocycles. The summed E-state index contributed by atoms with van der Waals surface area (Å²) in [5, 5.41) is 7.96. The zero-order valence-corrected chi connectivity index (χ0v) is 23.9. The number of rotatable bonds is 11. The maximum atomic E-state index is 13.5. The molecule has 9 heteroatoms. The summed E-state index contributed by atoms with van der Waals surface area (Å²) < 4.78 is 18.6. The Kier molecular flexibility index (Phi) is 10.5. The van der Waals surface area contributed by atoms with Crippen molar-refractivity contribution in [3.05, 3.63) is 126 Å². The van der Waals surface area contributed by atoms with E-state index in [2.05, 4.69) is 16.0 Å². The van der Waals surface area contributed by atoms with Crippen molar-refractivity contribution >= 4 is 46.9 Å². The van der Waals surface area contributed by atoms with Gasteiger partial charge in [-0.15, -0.1) is 11.8 Å². The lowest BCUT2D eigenvalue weighted by Crippen LogP contribution is -2.30. The van der Waals surface area contributed by atoms with Crippen LogP contribution in [0.4, 0.5) is 15.8 Å². The summed E-state index contributed by atoms with van der Waals surface area (Å²) in [5.74, 6) is -1.02. The number of methoxy groups -OCH3 is 1. The fourth-order valence-electron chi connectivity index (χ4n) is 3.97. The molecule has 0 heterocycles. The van der Waals surface area contributed by atoms with Gasteiger partial charge in [0, 0.05) is 27.4 Å². The van der Waals surface area contributed by atoms with Crippen LogP contribution in [-0.2, 0) is 9.59 Å². The van der Waals surface area contributed by atoms with Crippen LogP contribution in [0.5, 0.6) is 5.75 Å². The molecule has 0 spiro atoms. The van der Waals surface area contributed by atoms with Gasteiger partial charge in [0.2, 0.25) is 5.91 Å². The molecule has 3 amide bonds. The van der Waals surface area contributed by atoms with E-state index in [0.717, 1.165) is 4.90 Å². The molecule has 0 aliphatic carbocycles. The minimum Gasteiger partial charge on any atom is -0.496 e. The third kappa shape index (κ3) is 8.31. The minimum atomic E-state index is -0.534. The van der Waals surface area contributed by atoms with Crippen molar-refractivity contribution in [3.63, 3.8) is 0 Å². The standard InChI is InChI=1S/C33H30FN3O4S/c1-3-30(33(40)35-25-18-16-24(34)17-19-25)42-27-14-9-13-26(21-27)36-32(39)28(20-23-12-7-8-15-29(23)41-2)37-31(38)22-10-5-4-6-11-22/h4-21,30H,3H2,1-2H3,(H,35,40)(H,36,39)(H,37,38)/b28-20+. The molecule has 0 aliphatic rings. The van der Waals surface area contributed by atoms with Gasteiger partial charge in [0.05, 0.1) is 12.4 Å². The van der Waals surface area contributed by atoms with E-state index in [1.165, 1.54) is 43.1 Å². The second-order valence-electron chi connectivity index (χ2n) is 9.11. The Morgan fingerprint density at radius 2 is 1.57 bits per heavy atom. The van der Waals surface area contributed by atoms with Crippen molar-refractivity contribution < 1.29 is 23.5 Å². The first-order valence-electron chi connectivity index (χ1n) is 13.2. The summed E-state index contributed by atoms with van der Waals surface area (Å²) in [6.45, 7) is 1.90. The van der Waals surface area contributed by atoms with Crippen LogP contribution in [0.15, 0.2) is 114 Å². The van der Waals surface area contributed by atoms with Gasteiger partial charge < -0.3 is 20.7 Å². The van der Waals surface area contributed by atoms with Crippen molar-refractivity contribution in [1.82, 2.24) is 5.32 Å². The van der Waals surface area contributed by atoms with E-state index in [-0.39, 0.29) is 17.4 Å². The van der Waals surface area contributed by atoms with Gasteiger partial charge in [-0.2, -0.15) is 0 Å². The molecular weight excluding hydrogens is 553 g/mol. The van der Waals surface area contributed by atoms with E-state index >= 15 is 0 Å². The van der Waals surface area contributed by atoms with Crippen LogP contribution in [-0.4, -0.2) is 30.1 Å². The lowest BCUT2D eigenvalue weighted by atomic mass is 10.1. The number of para-hydroxylation sites is 1. The van der Waals surface area contributed by atoms with E-state index in [4.69, 9.17) is 4.74 Å². The van der Waals surface area contributed by atoms with Crippen LogP contribution in [0.3, 0.4) is 0 Å². The molecule has 1 atom stereocenters. The molecule has 0 radical (unpaired) electrons. The van der Waals surface area contributed by atoms with Gasteiger partial charge >= 0.3 is 0 Å². The molecule has 0 aromatic heterocycles. The van der Waals surface area contributed by atoms with Crippen LogP contribution in [0.25, 0.3) is 6.08 Å². The van der Waals surface area contributed by atoms with Gasteiger partial charge in [-0.1, -0.05) is 49.4 Å². The molecule has 4 aromatic carbocycles. The highest BCUT2D eigenvalue weighted by Gasteiger charge is 2.20. The van der Waals surface area contributed by atoms with Gasteiger partial charge in [-0.25, -0.2) is 4.39 Å². The Labute approximate surface area is 248 Å². The largest absolute Gasteiger partial charge is 0.496 e. The molecule has 0 aliphatic heterocycles. The maximum absolute atomic E-state index is 13.5. The van der Waals surface area contributed by atoms with Crippen molar-refractivity contribution in [1.29, 1.82) is 0 Å². The summed E-state index contributed by atoms with van der Waals surface area (Å²) in [4.78, 5) is 40.1. The van der Waals surface area contributed by atoms with Gasteiger partial charge in [0.1, 0.15) is 17.3 Å². The summed E-state index contributed by atoms with van der Waals surface area (Å²) in [5.41, 5.74) is 2.03. The van der Waals surface area contributed by atoms with Crippen molar-refractivity contribution in [2.45, 2.75) is 23.5 Å². The number of benzene rings is 4. The molecule has 1 unspecified atom stereocenters. The first kappa shape index (κ1) is 30.1. The van der Waals surface area contributed by atoms with E-state index < -0.39 is 17.1 Å². The van der Waals surface area contributed by atoms with E-state index in [0.29, 0.717) is 34.7 Å². The number of ether oxygens (including phenoxy) is 1. The average molecular weight is 584 g/mol. The summed E-state index contributed by atoms with van der Waals surface area (Å²) >= 11 is 1.35. The van der Waals surface area contributed by atoms with Gasteiger partial charge in [0.15, 0.2) is 0 Å². The summed E-state index contributed by atoms with van der Waals surface area (Å²) in [7, 11) is 1.53. The number of thioether (sulfide) groups is 1. The fraction of sp³-hybridized carbons (Fsp3) is 0.121. The lowest BCUT2D eigenvalue weighted by molar-refractivity contribution is -0.116. The summed E-state index contributed by atoms with van der Waals surface area (Å²) in [6, 6.07) is 28.4. The van der Waals surface area contributed by atoms with E-state index in [9.17, 15) is 18.8 Å². The van der Waals surface area contributed by atoms with Crippen LogP contribution < -0.4 is 20.7 Å². The van der Waals surface area contributed by atoms with Gasteiger partial charge in [-0.05, 0) is 73.2 Å². The topological polar surface area (TPSA) is 96.5 Å². The molecule has 4 aromatic rings. The zero-order chi connectivity index (χ0) is 29.9. The van der Waals surface area contributed by atoms with Crippen molar-refractivity contribution in [3.8, 4) is 5.75 Å². The number of nitrogens with one attached hydrogen (secondary N) is 3. The predicted molar refractivity (Wildman–Crippen MR) is 165 cm³/mol. The second kappa shape index (κ2) is 14.7. The van der Waals surface area contributed by atoms with Crippen molar-refractivity contribution in [2.75, 3.05) is 17.7 Å². The highest BCUT2D eigenvalue weighted by Crippen LogP contribution is 2.29. The number of amides is 3. The number of halogens is 1. The molecule has 0 fully saturated rings. The quantitative estimate of drug-likeness (QED) is 0.134. The molecule has 3 N–H and O–H groups in total. The molecule has 0 saturated heterocycles. The average Bonchev–Trinajstić information content (AvgIpc) is 3.01. The Morgan fingerprint density at radius 1 is 0.857 bits per heavy atom. The van der Waals surface area contributed by atoms with E-state index in [1.807, 2.05) is 19.1 Å². The van der Waals surface area contributed by atoms with E-state index in [1.54, 1.807) is 72.8 Å². The predicted octanol–water partition coefficient (Wildman–Crippen LogP) is 6.75. The zero-order valence-electron chi connectivity index (χ0n) is 23.1. The first-order chi connectivity index (χ1) is 20.4. The molecule has 42 heavy (non-hydrogen) atoms. The smallest absolute Gasteiger partial charge is 0.272 e. The number of anilines is 2. The van der Waals surface area contributed by atoms with Crippen LogP contribution in [0.1, 0.15) is 29.3 Å². The molecule has 0 bridgehead atoms. The Balaban J connectivity index is 1.52. The molecule has 214 valence electrons. The van der Waals surface area contributed by atoms with Gasteiger partial charge in [-0.3, -0.25) is 14.4 Å². The first-order valence-corrected chi connectivity index (χ1v) is 14.1. The van der Waals surface area contributed by atoms with Gasteiger partial charge in [0.25, 0.3) is 11.8 Å². The summed E-state index contributed by atoms with van der Waals surface area (Å²) in [6.07, 6.45) is 2.10. The molecule has 7 nitrogen and oxygen atoms in total. The Morgan fingerprint density at radius 3 is 2.29 bits per heavy atom. The van der Waals surface area contributed by atoms with Crippen LogP contribution >= 0.6 is 11.8 Å². The normalized spacial score (nSPS) is 11.7. The fourth-order valence-corrected chi connectivity index (χ4v) is 4.98. The Hall–Kier alpha value is -4.89. The van der Waals surface area contributed by atoms with Crippen LogP contribution in [0.2, 0.25) is 0 Å².